The summed E-state index contributed by atoms with van der Waals surface area (Å²) in [6.45, 7) is 0. The molecule has 1 aliphatic rings. The Bertz CT molecular complexity index is 557. The number of thiazole rings is 1. The van der Waals surface area contributed by atoms with Gasteiger partial charge >= 0.3 is 0 Å². The first-order valence-corrected chi connectivity index (χ1v) is 8.02. The molecule has 20 heavy (non-hydrogen) atoms. The summed E-state index contributed by atoms with van der Waals surface area (Å²) in [6.07, 6.45) is 8.29. The van der Waals surface area contributed by atoms with Crippen molar-refractivity contribution in [3.63, 3.8) is 0 Å². The van der Waals surface area contributed by atoms with E-state index in [4.69, 9.17) is 0 Å². The van der Waals surface area contributed by atoms with Gasteiger partial charge in [0.2, 0.25) is 0 Å². The van der Waals surface area contributed by atoms with Gasteiger partial charge in [0.25, 0.3) is 5.91 Å². The fraction of sp³-hybridized carbons (Fsp3) is 0.375. The van der Waals surface area contributed by atoms with Gasteiger partial charge in [-0.3, -0.25) is 4.79 Å². The van der Waals surface area contributed by atoms with E-state index in [1.165, 1.54) is 49.0 Å². The van der Waals surface area contributed by atoms with Crippen LogP contribution in [0.3, 0.4) is 0 Å². The van der Waals surface area contributed by atoms with E-state index >= 15 is 0 Å². The van der Waals surface area contributed by atoms with Crippen molar-refractivity contribution in [1.82, 2.24) is 4.98 Å². The Morgan fingerprint density at radius 2 is 1.90 bits per heavy atom. The smallest absolute Gasteiger partial charge is 0.284 e. The highest BCUT2D eigenvalue weighted by Gasteiger charge is 2.15. The summed E-state index contributed by atoms with van der Waals surface area (Å²) in [5, 5.41) is 5.19. The summed E-state index contributed by atoms with van der Waals surface area (Å²) < 4.78 is 0. The zero-order valence-corrected chi connectivity index (χ0v) is 12.2. The molecule has 4 heteroatoms. The van der Waals surface area contributed by atoms with Gasteiger partial charge in [0.1, 0.15) is 0 Å². The molecule has 1 saturated carbocycles. The van der Waals surface area contributed by atoms with Crippen molar-refractivity contribution in [2.24, 2.45) is 0 Å². The van der Waals surface area contributed by atoms with Gasteiger partial charge in [-0.25, -0.2) is 4.98 Å². The number of benzene rings is 1. The van der Waals surface area contributed by atoms with Crippen LogP contribution in [-0.4, -0.2) is 10.9 Å². The number of carbonyl (C=O) groups is 1. The minimum atomic E-state index is -0.134. The maximum absolute atomic E-state index is 11.9. The van der Waals surface area contributed by atoms with E-state index in [1.807, 2.05) is 12.1 Å². The molecule has 3 nitrogen and oxygen atoms in total. The number of hydrogen-bond acceptors (Lipinski definition) is 3. The van der Waals surface area contributed by atoms with Crippen molar-refractivity contribution in [3.05, 3.63) is 46.4 Å². The second-order valence-corrected chi connectivity index (χ2v) is 6.14. The van der Waals surface area contributed by atoms with Crippen molar-refractivity contribution in [3.8, 4) is 0 Å². The van der Waals surface area contributed by atoms with E-state index in [0.717, 1.165) is 5.69 Å². The van der Waals surface area contributed by atoms with Gasteiger partial charge in [0.15, 0.2) is 5.01 Å². The molecule has 1 N–H and O–H groups in total. The van der Waals surface area contributed by atoms with E-state index in [0.29, 0.717) is 10.9 Å². The standard InChI is InChI=1S/C16H18N2OS/c19-15(16-17-10-11-20-16)18-14-8-6-13(7-9-14)12-4-2-1-3-5-12/h6-12H,1-5H2,(H,18,19). The number of anilines is 1. The average molecular weight is 286 g/mol. The summed E-state index contributed by atoms with van der Waals surface area (Å²) in [6, 6.07) is 8.28. The number of nitrogens with zero attached hydrogens (tertiary/aromatic N) is 1. The van der Waals surface area contributed by atoms with Crippen molar-refractivity contribution in [2.45, 2.75) is 38.0 Å². The van der Waals surface area contributed by atoms with E-state index in [9.17, 15) is 4.79 Å². The van der Waals surface area contributed by atoms with Crippen molar-refractivity contribution < 1.29 is 4.79 Å². The summed E-state index contributed by atoms with van der Waals surface area (Å²) in [5.74, 6) is 0.567. The van der Waals surface area contributed by atoms with Gasteiger partial charge in [-0.15, -0.1) is 11.3 Å². The van der Waals surface area contributed by atoms with E-state index in [1.54, 1.807) is 11.6 Å². The number of amides is 1. The number of aromatic nitrogens is 1. The Morgan fingerprint density at radius 1 is 1.15 bits per heavy atom. The third kappa shape index (κ3) is 3.07. The Morgan fingerprint density at radius 3 is 2.55 bits per heavy atom. The number of rotatable bonds is 3. The highest BCUT2D eigenvalue weighted by molar-refractivity contribution is 7.11. The van der Waals surface area contributed by atoms with Crippen LogP contribution >= 0.6 is 11.3 Å². The molecular formula is C16H18N2OS. The van der Waals surface area contributed by atoms with Gasteiger partial charge in [-0.2, -0.15) is 0 Å². The zero-order chi connectivity index (χ0) is 13.8. The van der Waals surface area contributed by atoms with Gasteiger partial charge in [0.05, 0.1) is 0 Å². The lowest BCUT2D eigenvalue weighted by Gasteiger charge is -2.22. The Hall–Kier alpha value is -1.68. The molecule has 0 aliphatic heterocycles. The molecule has 1 aromatic carbocycles. The van der Waals surface area contributed by atoms with Crippen LogP contribution in [-0.2, 0) is 0 Å². The lowest BCUT2D eigenvalue weighted by Crippen LogP contribution is -2.11. The Balaban J connectivity index is 1.65. The predicted octanol–water partition coefficient (Wildman–Crippen LogP) is 4.44. The van der Waals surface area contributed by atoms with Crippen LogP contribution in [0.1, 0.15) is 53.4 Å². The predicted molar refractivity (Wildman–Crippen MR) is 82.3 cm³/mol. The molecule has 104 valence electrons. The molecule has 0 atom stereocenters. The molecule has 1 aliphatic carbocycles. The van der Waals surface area contributed by atoms with Crippen LogP contribution in [0.5, 0.6) is 0 Å². The number of nitrogens with one attached hydrogen (secondary N) is 1. The highest BCUT2D eigenvalue weighted by atomic mass is 32.1. The van der Waals surface area contributed by atoms with Crippen molar-refractivity contribution >= 4 is 22.9 Å². The molecule has 1 fully saturated rings. The maximum atomic E-state index is 11.9. The van der Waals surface area contributed by atoms with Gasteiger partial charge in [0, 0.05) is 17.3 Å². The number of hydrogen-bond donors (Lipinski definition) is 1. The normalized spacial score (nSPS) is 16.0. The van der Waals surface area contributed by atoms with Crippen LogP contribution in [0, 0.1) is 0 Å². The first-order valence-electron chi connectivity index (χ1n) is 7.14. The minimum Gasteiger partial charge on any atom is -0.320 e. The van der Waals surface area contributed by atoms with E-state index in [2.05, 4.69) is 22.4 Å². The van der Waals surface area contributed by atoms with E-state index in [-0.39, 0.29) is 5.91 Å². The molecule has 0 radical (unpaired) electrons. The quantitative estimate of drug-likeness (QED) is 0.906. The minimum absolute atomic E-state index is 0.134. The third-order valence-corrected chi connectivity index (χ3v) is 4.64. The highest BCUT2D eigenvalue weighted by Crippen LogP contribution is 2.32. The van der Waals surface area contributed by atoms with Crippen LogP contribution in [0.25, 0.3) is 0 Å². The van der Waals surface area contributed by atoms with Gasteiger partial charge < -0.3 is 5.32 Å². The third-order valence-electron chi connectivity index (χ3n) is 3.87. The van der Waals surface area contributed by atoms with Crippen molar-refractivity contribution in [2.75, 3.05) is 5.32 Å². The fourth-order valence-corrected chi connectivity index (χ4v) is 3.33. The Labute approximate surface area is 123 Å². The molecule has 0 saturated heterocycles. The molecule has 3 rings (SSSR count). The summed E-state index contributed by atoms with van der Waals surface area (Å²) in [5.41, 5.74) is 2.24. The van der Waals surface area contributed by atoms with Crippen LogP contribution in [0.2, 0.25) is 0 Å². The topological polar surface area (TPSA) is 42.0 Å². The molecular weight excluding hydrogens is 268 g/mol. The molecule has 2 aromatic rings. The van der Waals surface area contributed by atoms with E-state index < -0.39 is 0 Å². The van der Waals surface area contributed by atoms with Gasteiger partial charge in [-0.05, 0) is 36.5 Å². The zero-order valence-electron chi connectivity index (χ0n) is 11.3. The Kier molecular flexibility index (Phi) is 4.11. The molecule has 0 spiro atoms. The average Bonchev–Trinajstić information content (AvgIpc) is 3.03. The summed E-state index contributed by atoms with van der Waals surface area (Å²) >= 11 is 1.35. The van der Waals surface area contributed by atoms with Gasteiger partial charge in [-0.1, -0.05) is 31.4 Å². The lowest BCUT2D eigenvalue weighted by molar-refractivity contribution is 0.102. The molecule has 1 heterocycles. The first kappa shape index (κ1) is 13.3. The number of carbonyl (C=O) groups excluding carboxylic acids is 1. The fourth-order valence-electron chi connectivity index (χ4n) is 2.79. The second-order valence-electron chi connectivity index (χ2n) is 5.25. The monoisotopic (exact) mass is 286 g/mol. The second kappa shape index (κ2) is 6.18. The molecule has 1 aromatic heterocycles. The summed E-state index contributed by atoms with van der Waals surface area (Å²) in [4.78, 5) is 15.9. The largest absolute Gasteiger partial charge is 0.320 e. The van der Waals surface area contributed by atoms with Crippen LogP contribution < -0.4 is 5.32 Å². The molecule has 0 unspecified atom stereocenters. The SMILES string of the molecule is O=C(Nc1ccc(C2CCCCC2)cc1)c1nccs1. The van der Waals surface area contributed by atoms with Crippen molar-refractivity contribution in [1.29, 1.82) is 0 Å². The molecule has 0 bridgehead atoms. The lowest BCUT2D eigenvalue weighted by atomic mass is 9.84. The van der Waals surface area contributed by atoms with Crippen LogP contribution in [0.4, 0.5) is 5.69 Å². The molecule has 1 amide bonds. The summed E-state index contributed by atoms with van der Waals surface area (Å²) in [7, 11) is 0. The first-order chi connectivity index (χ1) is 9.83. The van der Waals surface area contributed by atoms with Crippen LogP contribution in [0.15, 0.2) is 35.8 Å². The maximum Gasteiger partial charge on any atom is 0.284 e.